The van der Waals surface area contributed by atoms with Crippen LogP contribution in [-0.2, 0) is 23.0 Å². The minimum atomic E-state index is -4.16. The number of aliphatic hydroxyl groups is 1. The molecule has 4 N–H and O–H groups in total. The first-order valence-corrected chi connectivity index (χ1v) is 13.6. The third-order valence-corrected chi connectivity index (χ3v) is 8.00. The molecule has 9 heteroatoms. The van der Waals surface area contributed by atoms with Gasteiger partial charge in [0.2, 0.25) is 10.0 Å². The van der Waals surface area contributed by atoms with Crippen molar-refractivity contribution in [2.24, 2.45) is 5.92 Å². The molecule has 3 aromatic carbocycles. The van der Waals surface area contributed by atoms with E-state index >= 15 is 0 Å². The average Bonchev–Trinajstić information content (AvgIpc) is 2.86. The third-order valence-electron chi connectivity index (χ3n) is 6.06. The van der Waals surface area contributed by atoms with Crippen LogP contribution in [0.15, 0.2) is 89.8 Å². The van der Waals surface area contributed by atoms with Crippen LogP contribution in [0.25, 0.3) is 0 Å². The predicted molar refractivity (Wildman–Crippen MR) is 144 cm³/mol. The molecule has 0 aliphatic heterocycles. The maximum absolute atomic E-state index is 13.9. The van der Waals surface area contributed by atoms with Gasteiger partial charge in [-0.05, 0) is 41.3 Å². The first-order chi connectivity index (χ1) is 17.5. The van der Waals surface area contributed by atoms with E-state index in [9.17, 15) is 23.4 Å². The SMILES string of the molecule is CC(C)CN(C(O)(CCN(Cc1ccccc1)C(=O)O)Cc1ccccc1)S(=O)(=O)c1ccc(N)cc1. The normalized spacial score (nSPS) is 13.4. The molecule has 1 amide bonds. The molecule has 0 aliphatic rings. The van der Waals surface area contributed by atoms with E-state index in [-0.39, 0.29) is 43.3 Å². The molecule has 0 aliphatic carbocycles. The smallest absolute Gasteiger partial charge is 0.407 e. The highest BCUT2D eigenvalue weighted by atomic mass is 32.2. The number of nitrogens with zero attached hydrogens (tertiary/aromatic N) is 2. The van der Waals surface area contributed by atoms with E-state index in [1.165, 1.54) is 29.2 Å². The van der Waals surface area contributed by atoms with E-state index < -0.39 is 21.8 Å². The molecule has 0 aromatic heterocycles. The zero-order chi connectivity index (χ0) is 27.1. The number of carbonyl (C=O) groups is 1. The summed E-state index contributed by atoms with van der Waals surface area (Å²) >= 11 is 0. The average molecular weight is 526 g/mol. The number of amides is 1. The number of benzene rings is 3. The molecule has 0 bridgehead atoms. The summed E-state index contributed by atoms with van der Waals surface area (Å²) in [7, 11) is -4.16. The van der Waals surface area contributed by atoms with Gasteiger partial charge in [0, 0.05) is 38.2 Å². The van der Waals surface area contributed by atoms with Crippen LogP contribution in [0.4, 0.5) is 10.5 Å². The van der Waals surface area contributed by atoms with Crippen molar-refractivity contribution in [3.05, 3.63) is 96.1 Å². The van der Waals surface area contributed by atoms with Crippen molar-refractivity contribution in [3.63, 3.8) is 0 Å². The van der Waals surface area contributed by atoms with Gasteiger partial charge in [0.05, 0.1) is 4.90 Å². The second kappa shape index (κ2) is 12.2. The molecule has 0 spiro atoms. The lowest BCUT2D eigenvalue weighted by Crippen LogP contribution is -2.56. The molecule has 37 heavy (non-hydrogen) atoms. The Balaban J connectivity index is 2.01. The third kappa shape index (κ3) is 7.55. The van der Waals surface area contributed by atoms with Crippen LogP contribution in [0.5, 0.6) is 0 Å². The van der Waals surface area contributed by atoms with Gasteiger partial charge in [-0.1, -0.05) is 74.5 Å². The highest BCUT2D eigenvalue weighted by molar-refractivity contribution is 7.89. The topological polar surface area (TPSA) is 124 Å². The molecule has 1 unspecified atom stereocenters. The van der Waals surface area contributed by atoms with Crippen LogP contribution in [-0.4, -0.2) is 52.7 Å². The van der Waals surface area contributed by atoms with E-state index in [1.54, 1.807) is 0 Å². The molecule has 1 atom stereocenters. The highest BCUT2D eigenvalue weighted by Crippen LogP contribution is 2.31. The molecule has 0 fully saturated rings. The van der Waals surface area contributed by atoms with Gasteiger partial charge in [-0.3, -0.25) is 0 Å². The molecule has 3 aromatic rings. The summed E-state index contributed by atoms with van der Waals surface area (Å²) in [5.74, 6) is -0.106. The minimum Gasteiger partial charge on any atom is -0.465 e. The molecule has 0 saturated carbocycles. The number of anilines is 1. The monoisotopic (exact) mass is 525 g/mol. The molecular weight excluding hydrogens is 490 g/mol. The fourth-order valence-electron chi connectivity index (χ4n) is 4.17. The first kappa shape index (κ1) is 28.2. The molecular formula is C28H35N3O5S. The Labute approximate surface area is 219 Å². The number of sulfonamides is 1. The van der Waals surface area contributed by atoms with Gasteiger partial charge in [0.25, 0.3) is 0 Å². The van der Waals surface area contributed by atoms with Gasteiger partial charge in [0.15, 0.2) is 0 Å². The first-order valence-electron chi connectivity index (χ1n) is 12.2. The highest BCUT2D eigenvalue weighted by Gasteiger charge is 2.43. The van der Waals surface area contributed by atoms with Crippen molar-refractivity contribution < 1.29 is 23.4 Å². The van der Waals surface area contributed by atoms with Crippen LogP contribution < -0.4 is 5.73 Å². The summed E-state index contributed by atoms with van der Waals surface area (Å²) in [6.07, 6.45) is -1.28. The van der Waals surface area contributed by atoms with Gasteiger partial charge in [0.1, 0.15) is 5.72 Å². The Morgan fingerprint density at radius 1 is 0.919 bits per heavy atom. The Morgan fingerprint density at radius 3 is 1.97 bits per heavy atom. The summed E-state index contributed by atoms with van der Waals surface area (Å²) in [5, 5.41) is 22.0. The van der Waals surface area contributed by atoms with Crippen LogP contribution in [0.3, 0.4) is 0 Å². The van der Waals surface area contributed by atoms with E-state index in [2.05, 4.69) is 0 Å². The predicted octanol–water partition coefficient (Wildman–Crippen LogP) is 4.42. The maximum atomic E-state index is 13.9. The van der Waals surface area contributed by atoms with Gasteiger partial charge in [-0.2, -0.15) is 4.31 Å². The van der Waals surface area contributed by atoms with E-state index in [1.807, 2.05) is 74.5 Å². The number of nitrogens with two attached hydrogens (primary N) is 1. The summed E-state index contributed by atoms with van der Waals surface area (Å²) in [5.41, 5.74) is 5.83. The van der Waals surface area contributed by atoms with Crippen LogP contribution in [0.1, 0.15) is 31.4 Å². The van der Waals surface area contributed by atoms with Gasteiger partial charge >= 0.3 is 6.09 Å². The van der Waals surface area contributed by atoms with Crippen molar-refractivity contribution in [2.75, 3.05) is 18.8 Å². The standard InChI is InChI=1S/C28H35N3O5S/c1-22(2)20-31(37(35,36)26-15-13-25(29)14-16-26)28(34,19-23-9-5-3-6-10-23)17-18-30(27(32)33)21-24-11-7-4-8-12-24/h3-16,22,34H,17-21,29H2,1-2H3,(H,32,33). The zero-order valence-corrected chi connectivity index (χ0v) is 22.0. The van der Waals surface area contributed by atoms with Gasteiger partial charge in [-0.25, -0.2) is 13.2 Å². The molecule has 8 nitrogen and oxygen atoms in total. The minimum absolute atomic E-state index is 0.00639. The van der Waals surface area contributed by atoms with Crippen molar-refractivity contribution in [1.82, 2.24) is 9.21 Å². The second-order valence-corrected chi connectivity index (χ2v) is 11.4. The Morgan fingerprint density at radius 2 is 1.46 bits per heavy atom. The quantitative estimate of drug-likeness (QED) is 0.238. The lowest BCUT2D eigenvalue weighted by atomic mass is 9.98. The molecule has 198 valence electrons. The van der Waals surface area contributed by atoms with Crippen molar-refractivity contribution in [3.8, 4) is 0 Å². The summed E-state index contributed by atoms with van der Waals surface area (Å²) in [6, 6.07) is 24.1. The van der Waals surface area contributed by atoms with E-state index in [0.29, 0.717) is 5.69 Å². The number of carboxylic acid groups (broad SMARTS) is 1. The van der Waals surface area contributed by atoms with E-state index in [0.717, 1.165) is 15.4 Å². The lowest BCUT2D eigenvalue weighted by molar-refractivity contribution is -0.0752. The summed E-state index contributed by atoms with van der Waals surface area (Å²) < 4.78 is 28.9. The number of hydrogen-bond donors (Lipinski definition) is 3. The molecule has 0 radical (unpaired) electrons. The summed E-state index contributed by atoms with van der Waals surface area (Å²) in [4.78, 5) is 13.3. The van der Waals surface area contributed by atoms with Crippen LogP contribution >= 0.6 is 0 Å². The Bertz CT molecular complexity index is 1250. The van der Waals surface area contributed by atoms with Crippen LogP contribution in [0.2, 0.25) is 0 Å². The molecule has 0 saturated heterocycles. The number of hydrogen-bond acceptors (Lipinski definition) is 5. The summed E-state index contributed by atoms with van der Waals surface area (Å²) in [6.45, 7) is 3.83. The van der Waals surface area contributed by atoms with Gasteiger partial charge < -0.3 is 20.8 Å². The largest absolute Gasteiger partial charge is 0.465 e. The maximum Gasteiger partial charge on any atom is 0.407 e. The Hall–Kier alpha value is -3.40. The fraction of sp³-hybridized carbons (Fsp3) is 0.321. The fourth-order valence-corrected chi connectivity index (χ4v) is 6.01. The van der Waals surface area contributed by atoms with E-state index in [4.69, 9.17) is 5.73 Å². The lowest BCUT2D eigenvalue weighted by Gasteiger charge is -2.41. The van der Waals surface area contributed by atoms with Gasteiger partial charge in [-0.15, -0.1) is 0 Å². The second-order valence-electron chi connectivity index (χ2n) is 9.58. The number of nitrogen functional groups attached to an aromatic ring is 1. The van der Waals surface area contributed by atoms with Crippen molar-refractivity contribution in [2.45, 2.75) is 43.9 Å². The van der Waals surface area contributed by atoms with Crippen molar-refractivity contribution >= 4 is 21.8 Å². The van der Waals surface area contributed by atoms with Crippen LogP contribution in [0, 0.1) is 5.92 Å². The Kier molecular flexibility index (Phi) is 9.31. The molecule has 0 heterocycles. The zero-order valence-electron chi connectivity index (χ0n) is 21.2. The number of rotatable bonds is 12. The van der Waals surface area contributed by atoms with Crippen molar-refractivity contribution in [1.29, 1.82) is 0 Å². The molecule has 3 rings (SSSR count).